The van der Waals surface area contributed by atoms with Crippen LogP contribution in [-0.2, 0) is 0 Å². The predicted octanol–water partition coefficient (Wildman–Crippen LogP) is 4.43. The summed E-state index contributed by atoms with van der Waals surface area (Å²) in [6.45, 7) is 0. The van der Waals surface area contributed by atoms with Gasteiger partial charge in [-0.25, -0.2) is 4.39 Å². The van der Waals surface area contributed by atoms with Crippen LogP contribution in [0.25, 0.3) is 0 Å². The fraction of sp³-hybridized carbons (Fsp3) is 0.571. The summed E-state index contributed by atoms with van der Waals surface area (Å²) >= 11 is 3.25. The maximum absolute atomic E-state index is 13.2. The van der Waals surface area contributed by atoms with E-state index >= 15 is 0 Å². The van der Waals surface area contributed by atoms with Gasteiger partial charge in [0.15, 0.2) is 0 Å². The summed E-state index contributed by atoms with van der Waals surface area (Å²) in [6.07, 6.45) is 6.60. The van der Waals surface area contributed by atoms with Crippen LogP contribution in [0, 0.1) is 11.7 Å². The molecule has 1 unspecified atom stereocenters. The summed E-state index contributed by atoms with van der Waals surface area (Å²) in [7, 11) is 1.98. The van der Waals surface area contributed by atoms with Crippen LogP contribution in [0.5, 0.6) is 0 Å². The molecule has 2 rings (SSSR count). The lowest BCUT2D eigenvalue weighted by molar-refractivity contribution is 0.413. The van der Waals surface area contributed by atoms with Gasteiger partial charge >= 0.3 is 0 Å². The van der Waals surface area contributed by atoms with Gasteiger partial charge in [-0.2, -0.15) is 0 Å². The lowest BCUT2D eigenvalue weighted by atomic mass is 9.94. The van der Waals surface area contributed by atoms with Crippen LogP contribution in [0.15, 0.2) is 22.7 Å². The molecule has 0 heterocycles. The lowest BCUT2D eigenvalue weighted by Crippen LogP contribution is -2.19. The molecule has 0 radical (unpaired) electrons. The number of benzene rings is 1. The summed E-state index contributed by atoms with van der Waals surface area (Å²) in [5, 5.41) is 3.35. The molecule has 1 N–H and O–H groups in total. The van der Waals surface area contributed by atoms with Crippen LogP contribution in [0.4, 0.5) is 4.39 Å². The Balaban J connectivity index is 2.08. The van der Waals surface area contributed by atoms with Crippen LogP contribution in [0.3, 0.4) is 0 Å². The topological polar surface area (TPSA) is 12.0 Å². The molecule has 0 amide bonds. The highest BCUT2D eigenvalue weighted by atomic mass is 79.9. The van der Waals surface area contributed by atoms with Crippen LogP contribution in [0.2, 0.25) is 0 Å². The normalized spacial score (nSPS) is 18.5. The van der Waals surface area contributed by atoms with Gasteiger partial charge in [-0.3, -0.25) is 0 Å². The third-order valence-electron chi connectivity index (χ3n) is 3.74. The van der Waals surface area contributed by atoms with Crippen molar-refractivity contribution in [3.63, 3.8) is 0 Å². The van der Waals surface area contributed by atoms with Gasteiger partial charge in [0, 0.05) is 6.04 Å². The van der Waals surface area contributed by atoms with E-state index in [1.165, 1.54) is 31.2 Å². The predicted molar refractivity (Wildman–Crippen MR) is 72.5 cm³/mol. The first kappa shape index (κ1) is 13.0. The third-order valence-corrected chi connectivity index (χ3v) is 4.35. The van der Waals surface area contributed by atoms with E-state index in [0.29, 0.717) is 10.5 Å². The van der Waals surface area contributed by atoms with Crippen LogP contribution >= 0.6 is 15.9 Å². The van der Waals surface area contributed by atoms with Gasteiger partial charge in [0.25, 0.3) is 0 Å². The average molecular weight is 300 g/mol. The van der Waals surface area contributed by atoms with E-state index < -0.39 is 0 Å². The molecule has 0 aliphatic heterocycles. The lowest BCUT2D eigenvalue weighted by Gasteiger charge is -2.20. The Hall–Kier alpha value is -0.410. The molecule has 1 saturated carbocycles. The molecule has 94 valence electrons. The van der Waals surface area contributed by atoms with Gasteiger partial charge in [0.1, 0.15) is 5.82 Å². The average Bonchev–Trinajstić information content (AvgIpc) is 2.82. The van der Waals surface area contributed by atoms with Crippen molar-refractivity contribution in [3.05, 3.63) is 34.1 Å². The molecule has 1 aliphatic rings. The number of halogens is 2. The monoisotopic (exact) mass is 299 g/mol. The number of rotatable bonds is 4. The zero-order chi connectivity index (χ0) is 12.3. The molecule has 1 atom stereocenters. The number of hydrogen-bond acceptors (Lipinski definition) is 1. The van der Waals surface area contributed by atoms with Crippen molar-refractivity contribution in [2.45, 2.75) is 38.1 Å². The second kappa shape index (κ2) is 5.96. The van der Waals surface area contributed by atoms with Crippen molar-refractivity contribution in [3.8, 4) is 0 Å². The fourth-order valence-electron chi connectivity index (χ4n) is 2.73. The SMILES string of the molecule is CNC(CC1CCCC1)c1ccc(F)c(Br)c1. The Labute approximate surface area is 111 Å². The molecule has 0 saturated heterocycles. The fourth-order valence-corrected chi connectivity index (χ4v) is 3.13. The molecule has 0 aromatic heterocycles. The highest BCUT2D eigenvalue weighted by molar-refractivity contribution is 9.10. The summed E-state index contributed by atoms with van der Waals surface area (Å²) in [4.78, 5) is 0. The molecule has 1 aliphatic carbocycles. The van der Waals surface area contributed by atoms with E-state index in [1.807, 2.05) is 19.2 Å². The molecule has 3 heteroatoms. The van der Waals surface area contributed by atoms with Gasteiger partial charge < -0.3 is 5.32 Å². The second-order valence-electron chi connectivity index (χ2n) is 4.90. The molecule has 1 aromatic rings. The minimum absolute atomic E-state index is 0.190. The summed E-state index contributed by atoms with van der Waals surface area (Å²) in [5.41, 5.74) is 1.17. The first-order valence-electron chi connectivity index (χ1n) is 6.33. The van der Waals surface area contributed by atoms with Gasteiger partial charge in [-0.05, 0) is 53.0 Å². The smallest absolute Gasteiger partial charge is 0.137 e. The molecule has 1 fully saturated rings. The Morgan fingerprint density at radius 3 is 2.71 bits per heavy atom. The standard InChI is InChI=1S/C14H19BrFN/c1-17-14(8-10-4-2-3-5-10)11-6-7-13(16)12(15)9-11/h6-7,9-10,14,17H,2-5,8H2,1H3. The van der Waals surface area contributed by atoms with Crippen LogP contribution in [0.1, 0.15) is 43.7 Å². The van der Waals surface area contributed by atoms with Crippen molar-refractivity contribution in [2.24, 2.45) is 5.92 Å². The van der Waals surface area contributed by atoms with Crippen molar-refractivity contribution in [1.82, 2.24) is 5.32 Å². The maximum Gasteiger partial charge on any atom is 0.137 e. The molecule has 17 heavy (non-hydrogen) atoms. The van der Waals surface area contributed by atoms with Gasteiger partial charge in [-0.1, -0.05) is 31.7 Å². The number of hydrogen-bond donors (Lipinski definition) is 1. The first-order valence-corrected chi connectivity index (χ1v) is 7.12. The molecule has 1 aromatic carbocycles. The van der Waals surface area contributed by atoms with Crippen molar-refractivity contribution in [2.75, 3.05) is 7.05 Å². The third kappa shape index (κ3) is 3.29. The molecule has 1 nitrogen and oxygen atoms in total. The first-order chi connectivity index (χ1) is 8.20. The van der Waals surface area contributed by atoms with Crippen molar-refractivity contribution in [1.29, 1.82) is 0 Å². The van der Waals surface area contributed by atoms with E-state index in [9.17, 15) is 4.39 Å². The van der Waals surface area contributed by atoms with Crippen molar-refractivity contribution < 1.29 is 4.39 Å². The Morgan fingerprint density at radius 2 is 2.12 bits per heavy atom. The molecular weight excluding hydrogens is 281 g/mol. The Morgan fingerprint density at radius 1 is 1.41 bits per heavy atom. The van der Waals surface area contributed by atoms with Crippen LogP contribution in [-0.4, -0.2) is 7.05 Å². The zero-order valence-electron chi connectivity index (χ0n) is 10.2. The summed E-state index contributed by atoms with van der Waals surface area (Å²) < 4.78 is 13.8. The van der Waals surface area contributed by atoms with E-state index in [2.05, 4.69) is 21.2 Å². The maximum atomic E-state index is 13.2. The Bertz CT molecular complexity index is 374. The van der Waals surface area contributed by atoms with Crippen molar-refractivity contribution >= 4 is 15.9 Å². The molecular formula is C14H19BrFN. The summed E-state index contributed by atoms with van der Waals surface area (Å²) in [5.74, 6) is 0.640. The van der Waals surface area contributed by atoms with E-state index in [4.69, 9.17) is 0 Å². The largest absolute Gasteiger partial charge is 0.313 e. The molecule has 0 spiro atoms. The summed E-state index contributed by atoms with van der Waals surface area (Å²) in [6, 6.07) is 5.66. The van der Waals surface area contributed by atoms with E-state index in [-0.39, 0.29) is 5.82 Å². The highest BCUT2D eigenvalue weighted by Crippen LogP contribution is 2.33. The van der Waals surface area contributed by atoms with E-state index in [1.54, 1.807) is 6.07 Å². The zero-order valence-corrected chi connectivity index (χ0v) is 11.8. The number of nitrogens with one attached hydrogen (secondary N) is 1. The van der Waals surface area contributed by atoms with Gasteiger partial charge in [-0.15, -0.1) is 0 Å². The molecule has 0 bridgehead atoms. The quantitative estimate of drug-likeness (QED) is 0.867. The van der Waals surface area contributed by atoms with Gasteiger partial charge in [0.05, 0.1) is 4.47 Å². The highest BCUT2D eigenvalue weighted by Gasteiger charge is 2.20. The second-order valence-corrected chi connectivity index (χ2v) is 5.76. The Kier molecular flexibility index (Phi) is 4.57. The van der Waals surface area contributed by atoms with Crippen LogP contribution < -0.4 is 5.32 Å². The van der Waals surface area contributed by atoms with E-state index in [0.717, 1.165) is 12.3 Å². The van der Waals surface area contributed by atoms with Gasteiger partial charge in [0.2, 0.25) is 0 Å². The minimum atomic E-state index is -0.190. The minimum Gasteiger partial charge on any atom is -0.313 e.